The summed E-state index contributed by atoms with van der Waals surface area (Å²) in [6, 6.07) is 29.7. The first-order chi connectivity index (χ1) is 18.6. The van der Waals surface area contributed by atoms with Crippen molar-refractivity contribution in [3.05, 3.63) is 101 Å². The van der Waals surface area contributed by atoms with Gasteiger partial charge >= 0.3 is 0 Å². The number of amides is 1. The molecular weight excluding hydrogens is 512 g/mol. The van der Waals surface area contributed by atoms with Crippen LogP contribution in [0.4, 0.5) is 10.8 Å². The molecule has 8 heteroatoms. The Kier molecular flexibility index (Phi) is 6.33. The first-order valence-electron chi connectivity index (χ1n) is 11.9. The van der Waals surface area contributed by atoms with Crippen molar-refractivity contribution in [2.45, 2.75) is 0 Å². The van der Waals surface area contributed by atoms with Gasteiger partial charge in [-0.3, -0.25) is 10.1 Å². The van der Waals surface area contributed by atoms with Crippen molar-refractivity contribution < 1.29 is 9.53 Å². The Morgan fingerprint density at radius 1 is 0.842 bits per heavy atom. The number of nitrogen functional groups attached to an aromatic ring is 1. The largest absolute Gasteiger partial charge is 0.497 e. The summed E-state index contributed by atoms with van der Waals surface area (Å²) in [7, 11) is 1.63. The molecule has 0 radical (unpaired) electrons. The molecule has 1 amide bonds. The van der Waals surface area contributed by atoms with Crippen molar-refractivity contribution in [2.24, 2.45) is 0 Å². The van der Waals surface area contributed by atoms with E-state index >= 15 is 0 Å². The molecule has 0 fully saturated rings. The van der Waals surface area contributed by atoms with Gasteiger partial charge in [-0.25, -0.2) is 9.97 Å². The van der Waals surface area contributed by atoms with Crippen LogP contribution in [0.1, 0.15) is 9.67 Å². The van der Waals surface area contributed by atoms with Gasteiger partial charge < -0.3 is 10.5 Å². The van der Waals surface area contributed by atoms with E-state index in [1.54, 1.807) is 7.11 Å². The van der Waals surface area contributed by atoms with Crippen molar-refractivity contribution in [1.29, 1.82) is 0 Å². The van der Waals surface area contributed by atoms with E-state index < -0.39 is 0 Å². The number of hydrogen-bond acceptors (Lipinski definition) is 7. The summed E-state index contributed by atoms with van der Waals surface area (Å²) < 4.78 is 5.23. The van der Waals surface area contributed by atoms with E-state index in [4.69, 9.17) is 15.5 Å². The first-order valence-corrected chi connectivity index (χ1v) is 13.6. The fourth-order valence-corrected chi connectivity index (χ4v) is 6.00. The lowest BCUT2D eigenvalue weighted by atomic mass is 9.99. The summed E-state index contributed by atoms with van der Waals surface area (Å²) in [5.74, 6) is 0.470. The van der Waals surface area contributed by atoms with Crippen LogP contribution in [0.5, 0.6) is 5.75 Å². The Balaban J connectivity index is 1.37. The molecule has 0 spiro atoms. The number of rotatable bonds is 6. The minimum absolute atomic E-state index is 0.304. The number of nitrogens with one attached hydrogen (secondary N) is 1. The second-order valence-electron chi connectivity index (χ2n) is 8.53. The molecular formula is C30H22N4O2S2. The van der Waals surface area contributed by atoms with Crippen molar-refractivity contribution in [3.63, 3.8) is 0 Å². The van der Waals surface area contributed by atoms with Crippen LogP contribution in [-0.2, 0) is 0 Å². The number of methoxy groups -OCH3 is 1. The normalized spacial score (nSPS) is 11.0. The quantitative estimate of drug-likeness (QED) is 0.230. The lowest BCUT2D eigenvalue weighted by molar-refractivity contribution is 0.103. The van der Waals surface area contributed by atoms with E-state index in [1.807, 2.05) is 96.4 Å². The van der Waals surface area contributed by atoms with Crippen molar-refractivity contribution in [3.8, 4) is 39.4 Å². The van der Waals surface area contributed by atoms with Crippen LogP contribution in [0.15, 0.2) is 96.4 Å². The number of ether oxygens (including phenoxy) is 1. The van der Waals surface area contributed by atoms with Crippen LogP contribution < -0.4 is 15.8 Å². The number of benzene rings is 3. The molecule has 186 valence electrons. The molecule has 38 heavy (non-hydrogen) atoms. The number of carbonyl (C=O) groups is 1. The van der Waals surface area contributed by atoms with Gasteiger partial charge in [-0.2, -0.15) is 0 Å². The van der Waals surface area contributed by atoms with Gasteiger partial charge in [0.2, 0.25) is 0 Å². The number of fused-ring (bicyclic) bond motifs is 1. The van der Waals surface area contributed by atoms with E-state index in [9.17, 15) is 4.79 Å². The maximum atomic E-state index is 13.4. The van der Waals surface area contributed by atoms with E-state index in [0.717, 1.165) is 44.8 Å². The molecule has 0 atom stereocenters. The topological polar surface area (TPSA) is 90.1 Å². The van der Waals surface area contributed by atoms with Gasteiger partial charge in [-0.05, 0) is 41.5 Å². The summed E-state index contributed by atoms with van der Waals surface area (Å²) in [4.78, 5) is 24.0. The van der Waals surface area contributed by atoms with Crippen LogP contribution in [0.3, 0.4) is 0 Å². The molecule has 0 aliphatic heterocycles. The average Bonchev–Trinajstić information content (AvgIpc) is 3.58. The second-order valence-corrected chi connectivity index (χ2v) is 10.4. The molecule has 3 heterocycles. The molecule has 6 aromatic rings. The van der Waals surface area contributed by atoms with Gasteiger partial charge in [0.15, 0.2) is 5.13 Å². The summed E-state index contributed by atoms with van der Waals surface area (Å²) in [5, 5.41) is 6.11. The Morgan fingerprint density at radius 3 is 2.18 bits per heavy atom. The summed E-state index contributed by atoms with van der Waals surface area (Å²) in [5.41, 5.74) is 12.5. The van der Waals surface area contributed by atoms with Crippen LogP contribution in [0, 0.1) is 0 Å². The van der Waals surface area contributed by atoms with E-state index in [0.29, 0.717) is 20.5 Å². The number of aromatic nitrogens is 2. The number of pyridine rings is 1. The molecule has 6 nitrogen and oxygen atoms in total. The van der Waals surface area contributed by atoms with Crippen LogP contribution >= 0.6 is 22.7 Å². The van der Waals surface area contributed by atoms with Crippen molar-refractivity contribution in [1.82, 2.24) is 9.97 Å². The number of thiophene rings is 1. The third-order valence-electron chi connectivity index (χ3n) is 6.17. The second kappa shape index (κ2) is 10.1. The molecule has 3 aromatic carbocycles. The molecule has 0 aliphatic carbocycles. The maximum Gasteiger partial charge on any atom is 0.269 e. The van der Waals surface area contributed by atoms with Crippen LogP contribution in [-0.4, -0.2) is 23.0 Å². The van der Waals surface area contributed by atoms with Crippen LogP contribution in [0.2, 0.25) is 0 Å². The third-order valence-corrected chi connectivity index (χ3v) is 8.03. The molecule has 0 saturated heterocycles. The van der Waals surface area contributed by atoms with E-state index in [2.05, 4.69) is 10.3 Å². The molecule has 0 saturated carbocycles. The first kappa shape index (κ1) is 23.8. The fourth-order valence-electron chi connectivity index (χ4n) is 4.27. The predicted octanol–water partition coefficient (Wildman–Crippen LogP) is 7.60. The standard InChI is InChI=1S/C30H22N4O2S2/c1-36-21-14-12-20(13-15-21)24-17-37-30(33-24)34-28(35)27-26(31)25-22(18-8-4-2-5-9-18)16-23(32-29(25)38-27)19-10-6-3-7-11-19/h2-17H,31H2,1H3,(H,33,34,35). The number of nitrogens with zero attached hydrogens (tertiary/aromatic N) is 2. The smallest absolute Gasteiger partial charge is 0.269 e. The predicted molar refractivity (Wildman–Crippen MR) is 157 cm³/mol. The number of hydrogen-bond donors (Lipinski definition) is 2. The molecule has 0 unspecified atom stereocenters. The number of nitrogens with two attached hydrogens (primary N) is 1. The van der Waals surface area contributed by atoms with E-state index in [-0.39, 0.29) is 5.91 Å². The monoisotopic (exact) mass is 534 g/mol. The molecule has 3 N–H and O–H groups in total. The minimum Gasteiger partial charge on any atom is -0.497 e. The van der Waals surface area contributed by atoms with Gasteiger partial charge in [0, 0.05) is 21.9 Å². The highest BCUT2D eigenvalue weighted by atomic mass is 32.1. The SMILES string of the molecule is COc1ccc(-c2csc(NC(=O)c3sc4nc(-c5ccccc5)cc(-c5ccccc5)c4c3N)n2)cc1. The van der Waals surface area contributed by atoms with E-state index in [1.165, 1.54) is 22.7 Å². The number of carbonyl (C=O) groups excluding carboxylic acids is 1. The lowest BCUT2D eigenvalue weighted by Crippen LogP contribution is -2.11. The Hall–Kier alpha value is -4.53. The summed E-state index contributed by atoms with van der Waals surface area (Å²) >= 11 is 2.65. The molecule has 0 aliphatic rings. The zero-order chi connectivity index (χ0) is 26.1. The summed E-state index contributed by atoms with van der Waals surface area (Å²) in [6.07, 6.45) is 0. The molecule has 6 rings (SSSR count). The Bertz CT molecular complexity index is 1740. The van der Waals surface area contributed by atoms with Crippen molar-refractivity contribution >= 4 is 49.6 Å². The minimum atomic E-state index is -0.304. The highest BCUT2D eigenvalue weighted by Gasteiger charge is 2.22. The average molecular weight is 535 g/mol. The highest BCUT2D eigenvalue weighted by Crippen LogP contribution is 2.41. The van der Waals surface area contributed by atoms with Crippen molar-refractivity contribution in [2.75, 3.05) is 18.2 Å². The van der Waals surface area contributed by atoms with Gasteiger partial charge in [0.05, 0.1) is 24.2 Å². The molecule has 3 aromatic heterocycles. The Morgan fingerprint density at radius 2 is 1.50 bits per heavy atom. The lowest BCUT2D eigenvalue weighted by Gasteiger charge is -2.09. The van der Waals surface area contributed by atoms with Gasteiger partial charge in [-0.15, -0.1) is 22.7 Å². The third kappa shape index (κ3) is 4.51. The van der Waals surface area contributed by atoms with Crippen LogP contribution in [0.25, 0.3) is 43.9 Å². The summed E-state index contributed by atoms with van der Waals surface area (Å²) in [6.45, 7) is 0. The van der Waals surface area contributed by atoms with Gasteiger partial charge in [-0.1, -0.05) is 60.7 Å². The van der Waals surface area contributed by atoms with Gasteiger partial charge in [0.1, 0.15) is 15.5 Å². The van der Waals surface area contributed by atoms with Gasteiger partial charge in [0.25, 0.3) is 5.91 Å². The zero-order valence-corrected chi connectivity index (χ0v) is 22.0. The molecule has 0 bridgehead atoms. The Labute approximate surface area is 227 Å². The zero-order valence-electron chi connectivity index (χ0n) is 20.3. The number of anilines is 2. The maximum absolute atomic E-state index is 13.4. The fraction of sp³-hybridized carbons (Fsp3) is 0.0333. The highest BCUT2D eigenvalue weighted by molar-refractivity contribution is 7.21. The number of thiazole rings is 1.